The van der Waals surface area contributed by atoms with Gasteiger partial charge in [-0.25, -0.2) is 10.4 Å². The van der Waals surface area contributed by atoms with E-state index in [9.17, 15) is 9.59 Å². The van der Waals surface area contributed by atoms with Crippen LogP contribution in [-0.4, -0.2) is 34.5 Å². The van der Waals surface area contributed by atoms with Crippen molar-refractivity contribution in [2.45, 2.75) is 12.1 Å². The predicted molar refractivity (Wildman–Crippen MR) is 141 cm³/mol. The standard InChI is InChI=1S/C27H24N4O3S/c1-19-10-3-7-15-23(19)31-26(33)21-13-5-6-14-22(21)29-27(31)35-18-25(32)30-28-17-9-12-20-11-4-8-16-24(20)34-2/h3-17H,18H2,1-2H3,(H,30,32). The van der Waals surface area contributed by atoms with E-state index < -0.39 is 0 Å². The SMILES string of the molecule is COc1ccccc1C=CC=NNC(=O)CSc1nc2ccccc2c(=O)n1-c1ccccc1C. The highest BCUT2D eigenvalue weighted by Gasteiger charge is 2.15. The van der Waals surface area contributed by atoms with Crippen LogP contribution >= 0.6 is 11.8 Å². The van der Waals surface area contributed by atoms with Gasteiger partial charge in [0.1, 0.15) is 5.75 Å². The van der Waals surface area contributed by atoms with Crippen molar-refractivity contribution in [3.8, 4) is 11.4 Å². The fraction of sp³-hybridized carbons (Fsp3) is 0.111. The van der Waals surface area contributed by atoms with E-state index >= 15 is 0 Å². The van der Waals surface area contributed by atoms with Gasteiger partial charge >= 0.3 is 0 Å². The fourth-order valence-corrected chi connectivity index (χ4v) is 4.30. The van der Waals surface area contributed by atoms with Crippen LogP contribution in [0.15, 0.2) is 93.9 Å². The lowest BCUT2D eigenvalue weighted by atomic mass is 10.2. The highest BCUT2D eigenvalue weighted by Crippen LogP contribution is 2.23. The molecule has 1 aromatic heterocycles. The van der Waals surface area contributed by atoms with Crippen LogP contribution in [0.1, 0.15) is 11.1 Å². The number of hydrazone groups is 1. The number of benzene rings is 3. The van der Waals surface area contributed by atoms with E-state index in [-0.39, 0.29) is 17.2 Å². The van der Waals surface area contributed by atoms with Gasteiger partial charge in [0.25, 0.3) is 11.5 Å². The molecule has 0 unspecified atom stereocenters. The van der Waals surface area contributed by atoms with Gasteiger partial charge in [-0.05, 0) is 48.9 Å². The van der Waals surface area contributed by atoms with Crippen LogP contribution < -0.4 is 15.7 Å². The number of hydrogen-bond donors (Lipinski definition) is 1. The molecule has 7 nitrogen and oxygen atoms in total. The van der Waals surface area contributed by atoms with Crippen molar-refractivity contribution in [3.63, 3.8) is 0 Å². The Labute approximate surface area is 207 Å². The molecule has 0 saturated heterocycles. The summed E-state index contributed by atoms with van der Waals surface area (Å²) in [7, 11) is 1.61. The molecule has 0 atom stereocenters. The van der Waals surface area contributed by atoms with Crippen LogP contribution in [0.5, 0.6) is 5.75 Å². The number of methoxy groups -OCH3 is 1. The van der Waals surface area contributed by atoms with Crippen LogP contribution in [0, 0.1) is 6.92 Å². The first-order valence-corrected chi connectivity index (χ1v) is 11.9. The molecular weight excluding hydrogens is 460 g/mol. The molecule has 8 heteroatoms. The molecule has 0 bridgehead atoms. The van der Waals surface area contributed by atoms with Gasteiger partial charge in [0, 0.05) is 11.8 Å². The molecule has 35 heavy (non-hydrogen) atoms. The van der Waals surface area contributed by atoms with Gasteiger partial charge in [0.05, 0.1) is 29.5 Å². The number of fused-ring (bicyclic) bond motifs is 1. The molecule has 0 spiro atoms. The molecule has 1 amide bonds. The number of carbonyl (C=O) groups is 1. The summed E-state index contributed by atoms with van der Waals surface area (Å²) in [5, 5.41) is 4.93. The number of para-hydroxylation sites is 3. The maximum atomic E-state index is 13.3. The summed E-state index contributed by atoms with van der Waals surface area (Å²) in [4.78, 5) is 30.4. The molecule has 0 saturated carbocycles. The molecular formula is C27H24N4O3S. The van der Waals surface area contributed by atoms with Crippen molar-refractivity contribution in [3.05, 3.63) is 100 Å². The summed E-state index contributed by atoms with van der Waals surface area (Å²) in [6.45, 7) is 1.94. The second-order valence-corrected chi connectivity index (χ2v) is 8.48. The van der Waals surface area contributed by atoms with Gasteiger partial charge in [-0.2, -0.15) is 5.10 Å². The number of aryl methyl sites for hydroxylation is 1. The van der Waals surface area contributed by atoms with Crippen LogP contribution in [0.3, 0.4) is 0 Å². The Hall–Kier alpha value is -4.17. The topological polar surface area (TPSA) is 85.6 Å². The third kappa shape index (κ3) is 5.67. The van der Waals surface area contributed by atoms with Crippen molar-refractivity contribution >= 4 is 40.9 Å². The smallest absolute Gasteiger partial charge is 0.266 e. The first-order valence-electron chi connectivity index (χ1n) is 10.9. The van der Waals surface area contributed by atoms with Crippen molar-refractivity contribution < 1.29 is 9.53 Å². The van der Waals surface area contributed by atoms with Gasteiger partial charge in [-0.15, -0.1) is 0 Å². The van der Waals surface area contributed by atoms with E-state index in [0.29, 0.717) is 16.1 Å². The van der Waals surface area contributed by atoms with Crippen molar-refractivity contribution in [1.82, 2.24) is 15.0 Å². The van der Waals surface area contributed by atoms with Crippen LogP contribution in [0.2, 0.25) is 0 Å². The number of amides is 1. The highest BCUT2D eigenvalue weighted by molar-refractivity contribution is 7.99. The van der Waals surface area contributed by atoms with Crippen LogP contribution in [0.4, 0.5) is 0 Å². The summed E-state index contributed by atoms with van der Waals surface area (Å²) >= 11 is 1.18. The van der Waals surface area contributed by atoms with E-state index in [4.69, 9.17) is 4.74 Å². The van der Waals surface area contributed by atoms with Gasteiger partial charge in [0.15, 0.2) is 5.16 Å². The lowest BCUT2D eigenvalue weighted by molar-refractivity contribution is -0.118. The normalized spacial score (nSPS) is 11.4. The number of aromatic nitrogens is 2. The molecule has 0 aliphatic heterocycles. The number of carbonyl (C=O) groups excluding carboxylic acids is 1. The highest BCUT2D eigenvalue weighted by atomic mass is 32.2. The summed E-state index contributed by atoms with van der Waals surface area (Å²) in [5.41, 5.74) is 5.49. The largest absolute Gasteiger partial charge is 0.496 e. The van der Waals surface area contributed by atoms with Crippen molar-refractivity contribution in [1.29, 1.82) is 0 Å². The number of rotatable bonds is 8. The first-order chi connectivity index (χ1) is 17.1. The second-order valence-electron chi connectivity index (χ2n) is 7.54. The number of nitrogens with one attached hydrogen (secondary N) is 1. The third-order valence-electron chi connectivity index (χ3n) is 5.20. The number of thioether (sulfide) groups is 1. The van der Waals surface area contributed by atoms with E-state index in [1.54, 1.807) is 29.9 Å². The molecule has 0 fully saturated rings. The van der Waals surface area contributed by atoms with Gasteiger partial charge in [-0.1, -0.05) is 60.3 Å². The zero-order chi connectivity index (χ0) is 24.6. The van der Waals surface area contributed by atoms with Crippen molar-refractivity contribution in [2.75, 3.05) is 12.9 Å². The van der Waals surface area contributed by atoms with Crippen molar-refractivity contribution in [2.24, 2.45) is 5.10 Å². The lowest BCUT2D eigenvalue weighted by Crippen LogP contribution is -2.24. The average molecular weight is 485 g/mol. The van der Waals surface area contributed by atoms with E-state index in [1.165, 1.54) is 18.0 Å². The second kappa shape index (κ2) is 11.3. The summed E-state index contributed by atoms with van der Waals surface area (Å²) in [6.07, 6.45) is 5.04. The Morgan fingerprint density at radius 3 is 2.66 bits per heavy atom. The molecule has 1 N–H and O–H groups in total. The van der Waals surface area contributed by atoms with Gasteiger partial charge in [-0.3, -0.25) is 14.2 Å². The Bertz CT molecular complexity index is 1480. The average Bonchev–Trinajstić information content (AvgIpc) is 2.88. The van der Waals surface area contributed by atoms with Crippen LogP contribution in [-0.2, 0) is 4.79 Å². The fourth-order valence-electron chi connectivity index (χ4n) is 3.50. The Morgan fingerprint density at radius 2 is 1.83 bits per heavy atom. The van der Waals surface area contributed by atoms with Gasteiger partial charge < -0.3 is 4.74 Å². The molecule has 0 aliphatic rings. The Balaban J connectivity index is 1.49. The van der Waals surface area contributed by atoms with E-state index in [0.717, 1.165) is 22.6 Å². The summed E-state index contributed by atoms with van der Waals surface area (Å²) < 4.78 is 6.86. The molecule has 1 heterocycles. The zero-order valence-electron chi connectivity index (χ0n) is 19.3. The molecule has 0 aliphatic carbocycles. The lowest BCUT2D eigenvalue weighted by Gasteiger charge is -2.14. The Kier molecular flexibility index (Phi) is 7.74. The molecule has 4 aromatic rings. The Morgan fingerprint density at radius 1 is 1.09 bits per heavy atom. The molecule has 176 valence electrons. The maximum absolute atomic E-state index is 13.3. The maximum Gasteiger partial charge on any atom is 0.266 e. The number of allylic oxidation sites excluding steroid dienone is 1. The molecule has 4 rings (SSSR count). The zero-order valence-corrected chi connectivity index (χ0v) is 20.2. The monoisotopic (exact) mass is 484 g/mol. The number of ether oxygens (including phenoxy) is 1. The summed E-state index contributed by atoms with van der Waals surface area (Å²) in [6, 6.07) is 22.4. The molecule has 0 radical (unpaired) electrons. The van der Waals surface area contributed by atoms with Crippen LogP contribution in [0.25, 0.3) is 22.7 Å². The predicted octanol–water partition coefficient (Wildman–Crippen LogP) is 4.61. The molecule has 3 aromatic carbocycles. The summed E-state index contributed by atoms with van der Waals surface area (Å²) in [5.74, 6) is 0.486. The quantitative estimate of drug-likeness (QED) is 0.171. The minimum atomic E-state index is -0.310. The van der Waals surface area contributed by atoms with Gasteiger partial charge in [0.2, 0.25) is 0 Å². The van der Waals surface area contributed by atoms with E-state index in [2.05, 4.69) is 15.5 Å². The number of nitrogens with zero attached hydrogens (tertiary/aromatic N) is 3. The van der Waals surface area contributed by atoms with E-state index in [1.807, 2.05) is 73.7 Å². The first kappa shape index (κ1) is 24.0. The minimum absolute atomic E-state index is 0.0459. The third-order valence-corrected chi connectivity index (χ3v) is 6.14. The minimum Gasteiger partial charge on any atom is -0.496 e. The number of hydrogen-bond acceptors (Lipinski definition) is 6.